The standard InChI is InChI=1S/C13H9ClFNO3/c14-10-5-8(1-3-11(10)15)6-16-7-9(13(18)19)2-4-12(16)17/h1-5,7H,6H2,(H,18,19). The van der Waals surface area contributed by atoms with Crippen molar-refractivity contribution < 1.29 is 14.3 Å². The Morgan fingerprint density at radius 2 is 2.05 bits per heavy atom. The van der Waals surface area contributed by atoms with Crippen LogP contribution in [-0.4, -0.2) is 15.6 Å². The molecule has 2 rings (SSSR count). The fourth-order valence-corrected chi connectivity index (χ4v) is 1.82. The number of aromatic nitrogens is 1. The average molecular weight is 282 g/mol. The minimum absolute atomic E-state index is 0.00723. The molecular weight excluding hydrogens is 273 g/mol. The van der Waals surface area contributed by atoms with Crippen molar-refractivity contribution in [2.45, 2.75) is 6.54 Å². The van der Waals surface area contributed by atoms with Crippen LogP contribution in [0.25, 0.3) is 0 Å². The van der Waals surface area contributed by atoms with Gasteiger partial charge in [0.15, 0.2) is 0 Å². The second kappa shape index (κ2) is 5.24. The van der Waals surface area contributed by atoms with Crippen molar-refractivity contribution in [2.75, 3.05) is 0 Å². The fourth-order valence-electron chi connectivity index (χ4n) is 1.62. The number of carboxylic acids is 1. The third-order valence-corrected chi connectivity index (χ3v) is 2.86. The van der Waals surface area contributed by atoms with E-state index in [1.807, 2.05) is 0 Å². The summed E-state index contributed by atoms with van der Waals surface area (Å²) in [7, 11) is 0. The highest BCUT2D eigenvalue weighted by molar-refractivity contribution is 6.30. The topological polar surface area (TPSA) is 59.3 Å². The highest BCUT2D eigenvalue weighted by Crippen LogP contribution is 2.16. The van der Waals surface area contributed by atoms with Gasteiger partial charge in [-0.15, -0.1) is 0 Å². The van der Waals surface area contributed by atoms with Gasteiger partial charge in [0.05, 0.1) is 17.1 Å². The molecule has 0 saturated heterocycles. The molecule has 19 heavy (non-hydrogen) atoms. The van der Waals surface area contributed by atoms with Crippen LogP contribution in [-0.2, 0) is 6.54 Å². The Kier molecular flexibility index (Phi) is 3.66. The summed E-state index contributed by atoms with van der Waals surface area (Å²) in [6.07, 6.45) is 1.24. The monoisotopic (exact) mass is 281 g/mol. The summed E-state index contributed by atoms with van der Waals surface area (Å²) in [5.74, 6) is -1.66. The van der Waals surface area contributed by atoms with E-state index in [4.69, 9.17) is 16.7 Å². The molecule has 0 atom stereocenters. The summed E-state index contributed by atoms with van der Waals surface area (Å²) in [4.78, 5) is 22.4. The van der Waals surface area contributed by atoms with Gasteiger partial charge in [-0.25, -0.2) is 9.18 Å². The number of hydrogen-bond donors (Lipinski definition) is 1. The molecule has 0 aliphatic carbocycles. The van der Waals surface area contributed by atoms with Gasteiger partial charge in [0, 0.05) is 12.3 Å². The zero-order valence-electron chi connectivity index (χ0n) is 9.64. The summed E-state index contributed by atoms with van der Waals surface area (Å²) < 4.78 is 14.2. The van der Waals surface area contributed by atoms with Crippen LogP contribution in [0.5, 0.6) is 0 Å². The second-order valence-corrected chi connectivity index (χ2v) is 4.34. The maximum atomic E-state index is 13.0. The van der Waals surface area contributed by atoms with Crippen LogP contribution in [0, 0.1) is 5.82 Å². The normalized spacial score (nSPS) is 10.4. The Balaban J connectivity index is 2.37. The maximum Gasteiger partial charge on any atom is 0.337 e. The van der Waals surface area contributed by atoms with Crippen LogP contribution in [0.4, 0.5) is 4.39 Å². The van der Waals surface area contributed by atoms with Crippen molar-refractivity contribution >= 4 is 17.6 Å². The van der Waals surface area contributed by atoms with Gasteiger partial charge in [-0.2, -0.15) is 0 Å². The van der Waals surface area contributed by atoms with Crippen LogP contribution < -0.4 is 5.56 Å². The zero-order valence-corrected chi connectivity index (χ0v) is 10.4. The van der Waals surface area contributed by atoms with Crippen molar-refractivity contribution in [3.05, 3.63) is 68.8 Å². The third-order valence-electron chi connectivity index (χ3n) is 2.57. The Morgan fingerprint density at radius 3 is 2.68 bits per heavy atom. The molecule has 1 heterocycles. The molecule has 0 radical (unpaired) electrons. The molecule has 1 aromatic carbocycles. The second-order valence-electron chi connectivity index (χ2n) is 3.94. The number of hydrogen-bond acceptors (Lipinski definition) is 2. The summed E-state index contributed by atoms with van der Waals surface area (Å²) in [6.45, 7) is 0.125. The first kappa shape index (κ1) is 13.3. The summed E-state index contributed by atoms with van der Waals surface area (Å²) in [6, 6.07) is 6.50. The van der Waals surface area contributed by atoms with E-state index in [0.717, 1.165) is 0 Å². The molecule has 98 valence electrons. The lowest BCUT2D eigenvalue weighted by atomic mass is 10.2. The van der Waals surface area contributed by atoms with Crippen LogP contribution in [0.3, 0.4) is 0 Å². The molecule has 6 heteroatoms. The van der Waals surface area contributed by atoms with Gasteiger partial charge >= 0.3 is 5.97 Å². The van der Waals surface area contributed by atoms with Crippen LogP contribution in [0.2, 0.25) is 5.02 Å². The van der Waals surface area contributed by atoms with Crippen molar-refractivity contribution in [3.8, 4) is 0 Å². The van der Waals surface area contributed by atoms with E-state index in [9.17, 15) is 14.0 Å². The van der Waals surface area contributed by atoms with E-state index < -0.39 is 11.8 Å². The molecule has 0 aliphatic rings. The van der Waals surface area contributed by atoms with Crippen LogP contribution >= 0.6 is 11.6 Å². The smallest absolute Gasteiger partial charge is 0.337 e. The van der Waals surface area contributed by atoms with Gasteiger partial charge in [0.25, 0.3) is 5.56 Å². The predicted molar refractivity (Wildman–Crippen MR) is 68.2 cm³/mol. The molecule has 0 fully saturated rings. The van der Waals surface area contributed by atoms with Crippen LogP contribution in [0.15, 0.2) is 41.3 Å². The minimum atomic E-state index is -1.12. The van der Waals surface area contributed by atoms with Gasteiger partial charge in [-0.1, -0.05) is 17.7 Å². The maximum absolute atomic E-state index is 13.0. The van der Waals surface area contributed by atoms with Gasteiger partial charge in [-0.3, -0.25) is 4.79 Å². The summed E-state index contributed by atoms with van der Waals surface area (Å²) >= 11 is 5.65. The van der Waals surface area contributed by atoms with E-state index in [1.54, 1.807) is 0 Å². The molecule has 0 saturated carbocycles. The molecule has 0 aliphatic heterocycles. The molecular formula is C13H9ClFNO3. The lowest BCUT2D eigenvalue weighted by Gasteiger charge is -2.07. The molecule has 1 N–H and O–H groups in total. The molecule has 0 amide bonds. The molecule has 0 unspecified atom stereocenters. The lowest BCUT2D eigenvalue weighted by molar-refractivity contribution is 0.0696. The van der Waals surface area contributed by atoms with E-state index in [2.05, 4.69) is 0 Å². The van der Waals surface area contributed by atoms with E-state index in [-0.39, 0.29) is 22.7 Å². The zero-order chi connectivity index (χ0) is 14.0. The Labute approximate surface area is 112 Å². The fraction of sp³-hybridized carbons (Fsp3) is 0.0769. The molecule has 0 bridgehead atoms. The third kappa shape index (κ3) is 3.00. The van der Waals surface area contributed by atoms with E-state index in [0.29, 0.717) is 5.56 Å². The number of carbonyl (C=O) groups is 1. The number of halogens is 2. The van der Waals surface area contributed by atoms with Crippen molar-refractivity contribution in [2.24, 2.45) is 0 Å². The SMILES string of the molecule is O=C(O)c1ccc(=O)n(Cc2ccc(F)c(Cl)c2)c1. The average Bonchev–Trinajstić information content (AvgIpc) is 2.36. The quantitative estimate of drug-likeness (QED) is 0.940. The highest BCUT2D eigenvalue weighted by atomic mass is 35.5. The van der Waals surface area contributed by atoms with Gasteiger partial charge in [-0.05, 0) is 23.8 Å². The summed E-state index contributed by atoms with van der Waals surface area (Å²) in [5.41, 5.74) is 0.272. The summed E-state index contributed by atoms with van der Waals surface area (Å²) in [5, 5.41) is 8.82. The first-order chi connectivity index (χ1) is 8.97. The Bertz CT molecular complexity index is 697. The molecule has 1 aromatic heterocycles. The number of rotatable bonds is 3. The number of pyridine rings is 1. The highest BCUT2D eigenvalue weighted by Gasteiger charge is 2.07. The molecule has 0 spiro atoms. The van der Waals surface area contributed by atoms with Gasteiger partial charge in [0.2, 0.25) is 0 Å². The number of carboxylic acid groups (broad SMARTS) is 1. The molecule has 4 nitrogen and oxygen atoms in total. The largest absolute Gasteiger partial charge is 0.478 e. The Morgan fingerprint density at radius 1 is 1.32 bits per heavy atom. The van der Waals surface area contributed by atoms with Crippen molar-refractivity contribution in [3.63, 3.8) is 0 Å². The molecule has 2 aromatic rings. The van der Waals surface area contributed by atoms with E-state index >= 15 is 0 Å². The van der Waals surface area contributed by atoms with Crippen molar-refractivity contribution in [1.82, 2.24) is 4.57 Å². The van der Waals surface area contributed by atoms with E-state index in [1.165, 1.54) is 41.1 Å². The van der Waals surface area contributed by atoms with Gasteiger partial charge in [0.1, 0.15) is 5.82 Å². The Hall–Kier alpha value is -2.14. The van der Waals surface area contributed by atoms with Crippen LogP contribution in [0.1, 0.15) is 15.9 Å². The first-order valence-electron chi connectivity index (χ1n) is 5.35. The first-order valence-corrected chi connectivity index (χ1v) is 5.73. The minimum Gasteiger partial charge on any atom is -0.478 e. The van der Waals surface area contributed by atoms with Crippen molar-refractivity contribution in [1.29, 1.82) is 0 Å². The number of benzene rings is 1. The predicted octanol–water partition coefficient (Wildman–Crippen LogP) is 2.39. The number of aromatic carboxylic acids is 1. The van der Waals surface area contributed by atoms with Gasteiger partial charge < -0.3 is 9.67 Å². The number of nitrogens with zero attached hydrogens (tertiary/aromatic N) is 1. The lowest BCUT2D eigenvalue weighted by Crippen LogP contribution is -2.20.